The first-order chi connectivity index (χ1) is 5.63. The van der Waals surface area contributed by atoms with Crippen LogP contribution in [0.5, 0.6) is 0 Å². The molecule has 0 aromatic carbocycles. The summed E-state index contributed by atoms with van der Waals surface area (Å²) in [6.45, 7) is 5.34. The molecule has 0 heterocycles. The minimum atomic E-state index is 0.0559. The van der Waals surface area contributed by atoms with Crippen molar-refractivity contribution in [3.63, 3.8) is 0 Å². The molecule has 0 atom stereocenters. The number of hydrogen-bond donors (Lipinski definition) is 0. The molecule has 2 heteroatoms. The lowest BCUT2D eigenvalue weighted by atomic mass is 10.0. The second kappa shape index (κ2) is 5.78. The molecular weight excluding hydrogens is 172 g/mol. The van der Waals surface area contributed by atoms with Gasteiger partial charge in [0.2, 0.25) is 0 Å². The Morgan fingerprint density at radius 2 is 1.92 bits per heavy atom. The molecule has 66 valence electrons. The quantitative estimate of drug-likeness (QED) is 0.486. The first-order valence-electron chi connectivity index (χ1n) is 3.74. The first-order valence-corrected chi connectivity index (χ1v) is 4.18. The Labute approximate surface area is 78.4 Å². The highest BCUT2D eigenvalue weighted by Crippen LogP contribution is 2.10. The smallest absolute Gasteiger partial charge is 0.160 e. The molecule has 0 fully saturated rings. The van der Waals surface area contributed by atoms with Crippen LogP contribution < -0.4 is 0 Å². The molecule has 0 radical (unpaired) electrons. The summed E-state index contributed by atoms with van der Waals surface area (Å²) in [6, 6.07) is 0. The maximum absolute atomic E-state index is 11.1. The number of allylic oxidation sites excluding steroid dienone is 5. The zero-order chi connectivity index (χ0) is 9.56. The minimum absolute atomic E-state index is 0.0559. The average molecular weight is 185 g/mol. The molecule has 0 aromatic rings. The zero-order valence-electron chi connectivity index (χ0n) is 7.60. The van der Waals surface area contributed by atoms with Crippen molar-refractivity contribution >= 4 is 17.4 Å². The SMILES string of the molecule is C\C=C(C)/C(=C\C=C\Cl)C(C)=O. The van der Waals surface area contributed by atoms with Crippen LogP contribution in [-0.4, -0.2) is 5.78 Å². The molecule has 0 aliphatic rings. The van der Waals surface area contributed by atoms with E-state index in [0.717, 1.165) is 5.57 Å². The van der Waals surface area contributed by atoms with Gasteiger partial charge in [-0.1, -0.05) is 29.8 Å². The fourth-order valence-electron chi connectivity index (χ4n) is 0.815. The van der Waals surface area contributed by atoms with E-state index >= 15 is 0 Å². The Balaban J connectivity index is 4.79. The van der Waals surface area contributed by atoms with Gasteiger partial charge in [0, 0.05) is 11.1 Å². The van der Waals surface area contributed by atoms with E-state index in [-0.39, 0.29) is 5.78 Å². The van der Waals surface area contributed by atoms with Crippen molar-refractivity contribution in [3.05, 3.63) is 34.9 Å². The van der Waals surface area contributed by atoms with Gasteiger partial charge in [-0.15, -0.1) is 0 Å². The van der Waals surface area contributed by atoms with Gasteiger partial charge in [0.15, 0.2) is 5.78 Å². The molecule has 0 aromatic heterocycles. The Hall–Kier alpha value is -0.820. The van der Waals surface area contributed by atoms with Gasteiger partial charge < -0.3 is 0 Å². The molecule has 0 aliphatic heterocycles. The Morgan fingerprint density at radius 1 is 1.33 bits per heavy atom. The first kappa shape index (κ1) is 11.2. The van der Waals surface area contributed by atoms with Crippen LogP contribution in [0.25, 0.3) is 0 Å². The molecule has 0 spiro atoms. The van der Waals surface area contributed by atoms with Crippen molar-refractivity contribution in [2.75, 3.05) is 0 Å². The van der Waals surface area contributed by atoms with Crippen LogP contribution in [0.15, 0.2) is 34.9 Å². The summed E-state index contributed by atoms with van der Waals surface area (Å²) >= 11 is 5.34. The van der Waals surface area contributed by atoms with Crippen LogP contribution in [0.4, 0.5) is 0 Å². The third-order valence-corrected chi connectivity index (χ3v) is 1.72. The lowest BCUT2D eigenvalue weighted by Gasteiger charge is -2.00. The molecule has 1 nitrogen and oxygen atoms in total. The minimum Gasteiger partial charge on any atom is -0.295 e. The Kier molecular flexibility index (Phi) is 5.39. The standard InChI is InChI=1S/C10H13ClO/c1-4-8(2)10(9(3)12)6-5-7-11/h4-7H,1-3H3/b7-5+,8-4-,10-6+. The van der Waals surface area contributed by atoms with Crippen LogP contribution in [0.1, 0.15) is 20.8 Å². The third kappa shape index (κ3) is 3.54. The number of rotatable bonds is 3. The number of carbonyl (C=O) groups excluding carboxylic acids is 1. The predicted octanol–water partition coefficient (Wildman–Crippen LogP) is 3.22. The van der Waals surface area contributed by atoms with Gasteiger partial charge in [-0.25, -0.2) is 0 Å². The molecular formula is C10H13ClO. The predicted molar refractivity (Wildman–Crippen MR) is 53.2 cm³/mol. The normalized spacial score (nSPS) is 14.0. The molecule has 0 rings (SSSR count). The zero-order valence-corrected chi connectivity index (χ0v) is 8.35. The van der Waals surface area contributed by atoms with Crippen molar-refractivity contribution in [2.24, 2.45) is 0 Å². The van der Waals surface area contributed by atoms with Gasteiger partial charge in [-0.2, -0.15) is 0 Å². The summed E-state index contributed by atoms with van der Waals surface area (Å²) in [6.07, 6.45) is 5.26. The summed E-state index contributed by atoms with van der Waals surface area (Å²) < 4.78 is 0. The summed E-state index contributed by atoms with van der Waals surface area (Å²) in [5, 5.41) is 0. The summed E-state index contributed by atoms with van der Waals surface area (Å²) in [5.41, 5.74) is 3.05. The Morgan fingerprint density at radius 3 is 2.25 bits per heavy atom. The molecule has 0 amide bonds. The van der Waals surface area contributed by atoms with Crippen molar-refractivity contribution in [1.29, 1.82) is 0 Å². The second-order valence-corrected chi connectivity index (χ2v) is 2.68. The van der Waals surface area contributed by atoms with E-state index in [4.69, 9.17) is 11.6 Å². The maximum atomic E-state index is 11.1. The van der Waals surface area contributed by atoms with Crippen molar-refractivity contribution < 1.29 is 4.79 Å². The third-order valence-electron chi connectivity index (χ3n) is 1.57. The van der Waals surface area contributed by atoms with Crippen LogP contribution >= 0.6 is 11.6 Å². The molecule has 12 heavy (non-hydrogen) atoms. The molecule has 0 unspecified atom stereocenters. The molecule has 0 N–H and O–H groups in total. The maximum Gasteiger partial charge on any atom is 0.160 e. The van der Waals surface area contributed by atoms with E-state index in [9.17, 15) is 4.79 Å². The lowest BCUT2D eigenvalue weighted by Crippen LogP contribution is -1.97. The van der Waals surface area contributed by atoms with Gasteiger partial charge in [0.1, 0.15) is 0 Å². The van der Waals surface area contributed by atoms with Gasteiger partial charge >= 0.3 is 0 Å². The van der Waals surface area contributed by atoms with Crippen molar-refractivity contribution in [1.82, 2.24) is 0 Å². The van der Waals surface area contributed by atoms with Gasteiger partial charge in [-0.05, 0) is 26.3 Å². The van der Waals surface area contributed by atoms with Crippen LogP contribution in [-0.2, 0) is 4.79 Å². The van der Waals surface area contributed by atoms with E-state index in [1.807, 2.05) is 19.9 Å². The number of hydrogen-bond acceptors (Lipinski definition) is 1. The van der Waals surface area contributed by atoms with E-state index in [2.05, 4.69) is 0 Å². The largest absolute Gasteiger partial charge is 0.295 e. The fraction of sp³-hybridized carbons (Fsp3) is 0.300. The summed E-state index contributed by atoms with van der Waals surface area (Å²) in [4.78, 5) is 11.1. The van der Waals surface area contributed by atoms with Crippen molar-refractivity contribution in [2.45, 2.75) is 20.8 Å². The van der Waals surface area contributed by atoms with Crippen LogP contribution in [0.3, 0.4) is 0 Å². The van der Waals surface area contributed by atoms with Crippen LogP contribution in [0, 0.1) is 0 Å². The second-order valence-electron chi connectivity index (χ2n) is 2.43. The topological polar surface area (TPSA) is 17.1 Å². The number of Topliss-reactive ketones (excluding diaryl/α,β-unsaturated/α-hetero) is 1. The summed E-state index contributed by atoms with van der Waals surface area (Å²) in [7, 11) is 0. The molecule has 0 saturated carbocycles. The highest BCUT2D eigenvalue weighted by molar-refractivity contribution is 6.25. The fourth-order valence-corrected chi connectivity index (χ4v) is 0.887. The van der Waals surface area contributed by atoms with Crippen molar-refractivity contribution in [3.8, 4) is 0 Å². The summed E-state index contributed by atoms with van der Waals surface area (Å²) in [5.74, 6) is 0.0559. The van der Waals surface area contributed by atoms with E-state index < -0.39 is 0 Å². The average Bonchev–Trinajstić information content (AvgIpc) is 2.04. The van der Waals surface area contributed by atoms with Gasteiger partial charge in [0.05, 0.1) is 0 Å². The Bertz CT molecular complexity index is 247. The molecule has 0 saturated heterocycles. The molecule has 0 aliphatic carbocycles. The van der Waals surface area contributed by atoms with E-state index in [1.165, 1.54) is 5.54 Å². The monoisotopic (exact) mass is 184 g/mol. The van der Waals surface area contributed by atoms with E-state index in [1.54, 1.807) is 19.1 Å². The van der Waals surface area contributed by atoms with Crippen LogP contribution in [0.2, 0.25) is 0 Å². The van der Waals surface area contributed by atoms with Gasteiger partial charge in [-0.3, -0.25) is 4.79 Å². The molecule has 0 bridgehead atoms. The highest BCUT2D eigenvalue weighted by Gasteiger charge is 2.02. The number of ketones is 1. The van der Waals surface area contributed by atoms with E-state index in [0.29, 0.717) is 5.57 Å². The highest BCUT2D eigenvalue weighted by atomic mass is 35.5. The number of halogens is 1. The lowest BCUT2D eigenvalue weighted by molar-refractivity contribution is -0.113. The van der Waals surface area contributed by atoms with Gasteiger partial charge in [0.25, 0.3) is 0 Å². The number of carbonyl (C=O) groups is 1.